The number of hydrogen-bond acceptors (Lipinski definition) is 5. The molecular formula is C14H23N5O2. The molecule has 0 spiro atoms. The molecule has 0 saturated carbocycles. The van der Waals surface area contributed by atoms with Gasteiger partial charge in [0, 0.05) is 32.1 Å². The molecule has 7 heteroatoms. The van der Waals surface area contributed by atoms with Crippen molar-refractivity contribution in [3.63, 3.8) is 0 Å². The number of hydrogen-bond donors (Lipinski definition) is 1. The van der Waals surface area contributed by atoms with Gasteiger partial charge in [-0.2, -0.15) is 0 Å². The number of nitrogens with zero attached hydrogens (tertiary/aromatic N) is 4. The fraction of sp³-hybridized carbons (Fsp3) is 0.786. The molecular weight excluding hydrogens is 270 g/mol. The highest BCUT2D eigenvalue weighted by Gasteiger charge is 2.37. The van der Waals surface area contributed by atoms with E-state index in [1.807, 2.05) is 7.05 Å². The monoisotopic (exact) mass is 293 g/mol. The Morgan fingerprint density at radius 2 is 1.90 bits per heavy atom. The maximum Gasteiger partial charge on any atom is 0.406 e. The first kappa shape index (κ1) is 14.3. The SMILES string of the molecule is Cc1nc([N+](=O)[O-])c(NC2CC3CCCC(C2)N3C)n1C. The van der Waals surface area contributed by atoms with E-state index in [4.69, 9.17) is 0 Å². The van der Waals surface area contributed by atoms with Crippen LogP contribution in [0.3, 0.4) is 0 Å². The summed E-state index contributed by atoms with van der Waals surface area (Å²) in [6.45, 7) is 1.79. The molecule has 0 amide bonds. The van der Waals surface area contributed by atoms with E-state index in [2.05, 4.69) is 22.2 Å². The van der Waals surface area contributed by atoms with E-state index in [0.29, 0.717) is 29.8 Å². The Morgan fingerprint density at radius 3 is 2.48 bits per heavy atom. The number of rotatable bonds is 3. The van der Waals surface area contributed by atoms with Gasteiger partial charge in [0.1, 0.15) is 0 Å². The summed E-state index contributed by atoms with van der Waals surface area (Å²) in [7, 11) is 4.04. The van der Waals surface area contributed by atoms with Crippen molar-refractivity contribution in [2.24, 2.45) is 7.05 Å². The van der Waals surface area contributed by atoms with Crippen molar-refractivity contribution in [2.45, 2.75) is 57.2 Å². The number of piperidine rings is 2. The molecule has 116 valence electrons. The van der Waals surface area contributed by atoms with Crippen LogP contribution in [0.25, 0.3) is 0 Å². The zero-order chi connectivity index (χ0) is 15.1. The number of anilines is 1. The molecule has 2 fully saturated rings. The number of nitrogens with one attached hydrogen (secondary N) is 1. The summed E-state index contributed by atoms with van der Waals surface area (Å²) >= 11 is 0. The van der Waals surface area contributed by atoms with Crippen molar-refractivity contribution in [3.05, 3.63) is 15.9 Å². The number of aromatic nitrogens is 2. The maximum atomic E-state index is 11.2. The highest BCUT2D eigenvalue weighted by atomic mass is 16.6. The molecule has 0 aromatic carbocycles. The number of fused-ring (bicyclic) bond motifs is 2. The molecule has 2 aliphatic rings. The molecule has 1 aromatic heterocycles. The lowest BCUT2D eigenvalue weighted by atomic mass is 9.82. The van der Waals surface area contributed by atoms with Crippen molar-refractivity contribution in [3.8, 4) is 0 Å². The van der Waals surface area contributed by atoms with E-state index >= 15 is 0 Å². The van der Waals surface area contributed by atoms with Gasteiger partial charge in [0.2, 0.25) is 11.6 Å². The maximum absolute atomic E-state index is 11.2. The first-order valence-corrected chi connectivity index (χ1v) is 7.63. The van der Waals surface area contributed by atoms with Gasteiger partial charge in [-0.05, 0) is 42.6 Å². The molecule has 2 bridgehead atoms. The molecule has 0 aliphatic carbocycles. The van der Waals surface area contributed by atoms with Gasteiger partial charge in [-0.15, -0.1) is 0 Å². The topological polar surface area (TPSA) is 76.2 Å². The molecule has 3 heterocycles. The van der Waals surface area contributed by atoms with E-state index < -0.39 is 4.92 Å². The Kier molecular flexibility index (Phi) is 3.61. The average Bonchev–Trinajstić information content (AvgIpc) is 2.68. The van der Waals surface area contributed by atoms with Crippen LogP contribution in [0.5, 0.6) is 0 Å². The Bertz CT molecular complexity index is 542. The minimum Gasteiger partial charge on any atom is -0.361 e. The van der Waals surface area contributed by atoms with Crippen LogP contribution < -0.4 is 5.32 Å². The number of imidazole rings is 1. The third-order valence-electron chi connectivity index (χ3n) is 5.15. The Labute approximate surface area is 124 Å². The number of aryl methyl sites for hydroxylation is 1. The van der Waals surface area contributed by atoms with E-state index in [1.54, 1.807) is 11.5 Å². The summed E-state index contributed by atoms with van der Waals surface area (Å²) in [6.07, 6.45) is 5.87. The third kappa shape index (κ3) is 2.50. The van der Waals surface area contributed by atoms with Crippen LogP contribution in [-0.2, 0) is 7.05 Å². The second-order valence-corrected chi connectivity index (χ2v) is 6.36. The lowest BCUT2D eigenvalue weighted by Crippen LogP contribution is -2.52. The minimum atomic E-state index is -0.398. The van der Waals surface area contributed by atoms with Crippen LogP contribution >= 0.6 is 0 Å². The predicted molar refractivity (Wildman–Crippen MR) is 80.4 cm³/mol. The first-order chi connectivity index (χ1) is 9.97. The zero-order valence-corrected chi connectivity index (χ0v) is 12.9. The van der Waals surface area contributed by atoms with Gasteiger partial charge in [0.15, 0.2) is 0 Å². The highest BCUT2D eigenvalue weighted by Crippen LogP contribution is 2.35. The van der Waals surface area contributed by atoms with Gasteiger partial charge in [-0.25, -0.2) is 0 Å². The largest absolute Gasteiger partial charge is 0.406 e. The molecule has 3 rings (SSSR count). The quantitative estimate of drug-likeness (QED) is 0.682. The van der Waals surface area contributed by atoms with E-state index in [9.17, 15) is 10.1 Å². The second-order valence-electron chi connectivity index (χ2n) is 6.36. The zero-order valence-electron chi connectivity index (χ0n) is 12.9. The molecule has 2 aliphatic heterocycles. The van der Waals surface area contributed by atoms with Crippen LogP contribution in [0.4, 0.5) is 11.6 Å². The Hall–Kier alpha value is -1.63. The van der Waals surface area contributed by atoms with Crippen LogP contribution in [0, 0.1) is 17.0 Å². The van der Waals surface area contributed by atoms with Crippen molar-refractivity contribution in [2.75, 3.05) is 12.4 Å². The van der Waals surface area contributed by atoms with Gasteiger partial charge in [-0.1, -0.05) is 6.42 Å². The van der Waals surface area contributed by atoms with E-state index in [0.717, 1.165) is 12.8 Å². The molecule has 2 saturated heterocycles. The predicted octanol–water partition coefficient (Wildman–Crippen LogP) is 2.06. The van der Waals surface area contributed by atoms with Gasteiger partial charge < -0.3 is 20.3 Å². The van der Waals surface area contributed by atoms with Crippen LogP contribution in [0.1, 0.15) is 37.9 Å². The Morgan fingerprint density at radius 1 is 1.29 bits per heavy atom. The lowest BCUT2D eigenvalue weighted by molar-refractivity contribution is -0.388. The third-order valence-corrected chi connectivity index (χ3v) is 5.15. The minimum absolute atomic E-state index is 0.0564. The van der Waals surface area contributed by atoms with Crippen molar-refractivity contribution < 1.29 is 4.92 Å². The second kappa shape index (κ2) is 5.29. The van der Waals surface area contributed by atoms with Gasteiger partial charge in [0.05, 0.1) is 0 Å². The molecule has 21 heavy (non-hydrogen) atoms. The van der Waals surface area contributed by atoms with Gasteiger partial charge >= 0.3 is 5.82 Å². The average molecular weight is 293 g/mol. The smallest absolute Gasteiger partial charge is 0.361 e. The fourth-order valence-corrected chi connectivity index (χ4v) is 3.81. The van der Waals surface area contributed by atoms with Crippen LogP contribution in [0.2, 0.25) is 0 Å². The van der Waals surface area contributed by atoms with Crippen LogP contribution in [0.15, 0.2) is 0 Å². The summed E-state index contributed by atoms with van der Waals surface area (Å²) < 4.78 is 1.78. The summed E-state index contributed by atoms with van der Waals surface area (Å²) in [4.78, 5) is 17.3. The fourth-order valence-electron chi connectivity index (χ4n) is 3.81. The lowest BCUT2D eigenvalue weighted by Gasteiger charge is -2.47. The van der Waals surface area contributed by atoms with Gasteiger partial charge in [0.25, 0.3) is 0 Å². The normalized spacial score (nSPS) is 29.4. The molecule has 0 radical (unpaired) electrons. The van der Waals surface area contributed by atoms with E-state index in [1.165, 1.54) is 19.3 Å². The van der Waals surface area contributed by atoms with Crippen molar-refractivity contribution in [1.82, 2.24) is 14.5 Å². The van der Waals surface area contributed by atoms with Gasteiger partial charge in [-0.3, -0.25) is 4.57 Å². The molecule has 2 atom stereocenters. The Balaban J connectivity index is 1.80. The molecule has 1 N–H and O–H groups in total. The van der Waals surface area contributed by atoms with E-state index in [-0.39, 0.29) is 5.82 Å². The molecule has 7 nitrogen and oxygen atoms in total. The van der Waals surface area contributed by atoms with Crippen LogP contribution in [-0.4, -0.2) is 44.5 Å². The summed E-state index contributed by atoms with van der Waals surface area (Å²) in [6, 6.07) is 1.50. The first-order valence-electron chi connectivity index (χ1n) is 7.63. The van der Waals surface area contributed by atoms with Crippen molar-refractivity contribution >= 4 is 11.6 Å². The summed E-state index contributed by atoms with van der Waals surface area (Å²) in [5.74, 6) is 1.15. The standard InChI is InChI=1S/C14H23N5O2/c1-9-15-14(19(20)21)13(17(9)2)16-10-7-11-5-4-6-12(8-10)18(11)3/h10-12,16H,4-8H2,1-3H3. The summed E-state index contributed by atoms with van der Waals surface area (Å²) in [5, 5.41) is 14.6. The van der Waals surface area contributed by atoms with Crippen molar-refractivity contribution in [1.29, 1.82) is 0 Å². The molecule has 1 aromatic rings. The highest BCUT2D eigenvalue weighted by molar-refractivity contribution is 5.54. The number of nitro groups is 1. The summed E-state index contributed by atoms with van der Waals surface area (Å²) in [5.41, 5.74) is 0. The molecule has 2 unspecified atom stereocenters.